The Hall–Kier alpha value is -2.77. The Morgan fingerprint density at radius 2 is 1.88 bits per heavy atom. The Balaban J connectivity index is 1.55. The summed E-state index contributed by atoms with van der Waals surface area (Å²) in [6.45, 7) is 6.27. The summed E-state index contributed by atoms with van der Waals surface area (Å²) in [7, 11) is 3.19. The van der Waals surface area contributed by atoms with Gasteiger partial charge < -0.3 is 29.5 Å². The average Bonchev–Trinajstić information content (AvgIpc) is 3.30. The standard InChI is InChI=1S/C25H35N3O4/c1-4-26-25(27-15-24(29)21-12-22(30-2)14-23(13-21)31-3)28-11-10-20(16-28)18-32-17-19-8-6-5-7-9-19/h5-9,12-14,20,24,29H,4,10-11,15-18H2,1-3H3,(H,26,27). The molecule has 0 saturated carbocycles. The first-order valence-corrected chi connectivity index (χ1v) is 11.2. The van der Waals surface area contributed by atoms with Gasteiger partial charge in [-0.3, -0.25) is 4.99 Å². The van der Waals surface area contributed by atoms with Crippen molar-refractivity contribution >= 4 is 5.96 Å². The third-order valence-corrected chi connectivity index (χ3v) is 5.56. The maximum absolute atomic E-state index is 10.7. The minimum Gasteiger partial charge on any atom is -0.497 e. The van der Waals surface area contributed by atoms with Crippen LogP contribution in [0, 0.1) is 5.92 Å². The summed E-state index contributed by atoms with van der Waals surface area (Å²) in [4.78, 5) is 6.95. The predicted octanol–water partition coefficient (Wildman–Crippen LogP) is 3.24. The summed E-state index contributed by atoms with van der Waals surface area (Å²) in [6, 6.07) is 15.7. The summed E-state index contributed by atoms with van der Waals surface area (Å²) in [6.07, 6.45) is 0.315. The fourth-order valence-electron chi connectivity index (χ4n) is 3.80. The molecule has 0 radical (unpaired) electrons. The molecular formula is C25H35N3O4. The average molecular weight is 442 g/mol. The van der Waals surface area contributed by atoms with Gasteiger partial charge in [0.25, 0.3) is 0 Å². The van der Waals surface area contributed by atoms with Crippen molar-refractivity contribution in [3.8, 4) is 11.5 Å². The summed E-state index contributed by atoms with van der Waals surface area (Å²) < 4.78 is 16.6. The van der Waals surface area contributed by atoms with Gasteiger partial charge in [0.2, 0.25) is 0 Å². The molecule has 1 heterocycles. The van der Waals surface area contributed by atoms with Crippen LogP contribution in [0.3, 0.4) is 0 Å². The van der Waals surface area contributed by atoms with Crippen molar-refractivity contribution in [3.63, 3.8) is 0 Å². The van der Waals surface area contributed by atoms with E-state index in [4.69, 9.17) is 19.2 Å². The Labute approximate surface area is 191 Å². The highest BCUT2D eigenvalue weighted by Crippen LogP contribution is 2.27. The third kappa shape index (κ3) is 6.87. The maximum atomic E-state index is 10.7. The number of likely N-dealkylation sites (tertiary alicyclic amines) is 1. The molecule has 2 atom stereocenters. The summed E-state index contributed by atoms with van der Waals surface area (Å²) in [5.41, 5.74) is 1.91. The lowest BCUT2D eigenvalue weighted by atomic mass is 10.1. The summed E-state index contributed by atoms with van der Waals surface area (Å²) in [5.74, 6) is 2.58. The molecular weight excluding hydrogens is 406 g/mol. The minimum atomic E-state index is -0.750. The summed E-state index contributed by atoms with van der Waals surface area (Å²) in [5, 5.41) is 14.1. The Kier molecular flexibility index (Phi) is 9.19. The maximum Gasteiger partial charge on any atom is 0.194 e. The van der Waals surface area contributed by atoms with Crippen LogP contribution in [0.2, 0.25) is 0 Å². The molecule has 1 fully saturated rings. The molecule has 0 bridgehead atoms. The fraction of sp³-hybridized carbons (Fsp3) is 0.480. The van der Waals surface area contributed by atoms with Crippen LogP contribution in [0.25, 0.3) is 0 Å². The zero-order chi connectivity index (χ0) is 22.8. The molecule has 0 aromatic heterocycles. The molecule has 0 aliphatic carbocycles. The first-order chi connectivity index (χ1) is 15.6. The van der Waals surface area contributed by atoms with Gasteiger partial charge in [-0.25, -0.2) is 0 Å². The quantitative estimate of drug-likeness (QED) is 0.436. The fourth-order valence-corrected chi connectivity index (χ4v) is 3.80. The molecule has 2 N–H and O–H groups in total. The number of aliphatic hydroxyl groups excluding tert-OH is 1. The highest BCUT2D eigenvalue weighted by atomic mass is 16.5. The molecule has 2 unspecified atom stereocenters. The van der Waals surface area contributed by atoms with Gasteiger partial charge in [-0.05, 0) is 36.6 Å². The molecule has 0 amide bonds. The van der Waals surface area contributed by atoms with Gasteiger partial charge in [0.1, 0.15) is 11.5 Å². The number of guanidine groups is 1. The number of hydrogen-bond donors (Lipinski definition) is 2. The summed E-state index contributed by atoms with van der Waals surface area (Å²) >= 11 is 0. The first kappa shape index (κ1) is 23.9. The molecule has 1 aliphatic heterocycles. The number of ether oxygens (including phenoxy) is 3. The normalized spacial score (nSPS) is 17.3. The number of aliphatic hydroxyl groups is 1. The van der Waals surface area contributed by atoms with Crippen LogP contribution < -0.4 is 14.8 Å². The van der Waals surface area contributed by atoms with E-state index in [-0.39, 0.29) is 6.54 Å². The number of hydrogen-bond acceptors (Lipinski definition) is 5. The molecule has 7 heteroatoms. The lowest BCUT2D eigenvalue weighted by molar-refractivity contribution is 0.0906. The van der Waals surface area contributed by atoms with E-state index in [2.05, 4.69) is 29.3 Å². The van der Waals surface area contributed by atoms with Gasteiger partial charge in [0.05, 0.1) is 40.1 Å². The van der Waals surface area contributed by atoms with Crippen molar-refractivity contribution in [3.05, 3.63) is 59.7 Å². The molecule has 2 aromatic rings. The SMILES string of the molecule is CCNC(=NCC(O)c1cc(OC)cc(OC)c1)N1CCC(COCc2ccccc2)C1. The van der Waals surface area contributed by atoms with E-state index in [0.29, 0.717) is 24.0 Å². The van der Waals surface area contributed by atoms with Crippen molar-refractivity contribution in [1.82, 2.24) is 10.2 Å². The first-order valence-electron chi connectivity index (χ1n) is 11.2. The van der Waals surface area contributed by atoms with Gasteiger partial charge in [-0.1, -0.05) is 30.3 Å². The second-order valence-electron chi connectivity index (χ2n) is 7.96. The van der Waals surface area contributed by atoms with Crippen LogP contribution in [-0.2, 0) is 11.3 Å². The Morgan fingerprint density at radius 3 is 2.53 bits per heavy atom. The van der Waals surface area contributed by atoms with Gasteiger partial charge in [0, 0.05) is 31.6 Å². The van der Waals surface area contributed by atoms with Gasteiger partial charge >= 0.3 is 0 Å². The highest BCUT2D eigenvalue weighted by molar-refractivity contribution is 5.80. The molecule has 0 spiro atoms. The molecule has 174 valence electrons. The van der Waals surface area contributed by atoms with Gasteiger partial charge in [0.15, 0.2) is 5.96 Å². The van der Waals surface area contributed by atoms with Crippen LogP contribution in [-0.4, -0.2) is 63.0 Å². The van der Waals surface area contributed by atoms with Crippen LogP contribution in [0.1, 0.15) is 30.6 Å². The molecule has 1 aliphatic rings. The van der Waals surface area contributed by atoms with Crippen molar-refractivity contribution in [2.45, 2.75) is 26.1 Å². The number of benzene rings is 2. The molecule has 1 saturated heterocycles. The zero-order valence-corrected chi connectivity index (χ0v) is 19.3. The topological polar surface area (TPSA) is 75.6 Å². The molecule has 32 heavy (non-hydrogen) atoms. The number of aliphatic imine (C=N–C) groups is 1. The van der Waals surface area contributed by atoms with Crippen molar-refractivity contribution in [1.29, 1.82) is 0 Å². The van der Waals surface area contributed by atoms with Crippen LogP contribution in [0.5, 0.6) is 11.5 Å². The van der Waals surface area contributed by atoms with Crippen LogP contribution in [0.15, 0.2) is 53.5 Å². The van der Waals surface area contributed by atoms with Crippen molar-refractivity contribution in [2.24, 2.45) is 10.9 Å². The van der Waals surface area contributed by atoms with Gasteiger partial charge in [-0.2, -0.15) is 0 Å². The van der Waals surface area contributed by atoms with E-state index in [1.807, 2.05) is 30.3 Å². The van der Waals surface area contributed by atoms with Crippen molar-refractivity contribution in [2.75, 3.05) is 47.0 Å². The third-order valence-electron chi connectivity index (χ3n) is 5.56. The zero-order valence-electron chi connectivity index (χ0n) is 19.3. The van der Waals surface area contributed by atoms with E-state index in [9.17, 15) is 5.11 Å². The monoisotopic (exact) mass is 441 g/mol. The number of rotatable bonds is 10. The van der Waals surface area contributed by atoms with E-state index in [0.717, 1.165) is 44.2 Å². The minimum absolute atomic E-state index is 0.254. The van der Waals surface area contributed by atoms with Crippen molar-refractivity contribution < 1.29 is 19.3 Å². The largest absolute Gasteiger partial charge is 0.497 e. The number of methoxy groups -OCH3 is 2. The lowest BCUT2D eigenvalue weighted by Crippen LogP contribution is -2.40. The van der Waals surface area contributed by atoms with E-state index < -0.39 is 6.10 Å². The van der Waals surface area contributed by atoms with Crippen LogP contribution in [0.4, 0.5) is 0 Å². The van der Waals surface area contributed by atoms with Crippen LogP contribution >= 0.6 is 0 Å². The predicted molar refractivity (Wildman–Crippen MR) is 126 cm³/mol. The second-order valence-corrected chi connectivity index (χ2v) is 7.96. The van der Waals surface area contributed by atoms with E-state index in [1.165, 1.54) is 5.56 Å². The Morgan fingerprint density at radius 1 is 1.16 bits per heavy atom. The van der Waals surface area contributed by atoms with E-state index >= 15 is 0 Å². The number of nitrogens with zero attached hydrogens (tertiary/aromatic N) is 2. The highest BCUT2D eigenvalue weighted by Gasteiger charge is 2.25. The molecule has 7 nitrogen and oxygen atoms in total. The second kappa shape index (κ2) is 12.3. The van der Waals surface area contributed by atoms with Gasteiger partial charge in [-0.15, -0.1) is 0 Å². The number of nitrogens with one attached hydrogen (secondary N) is 1. The smallest absolute Gasteiger partial charge is 0.194 e. The Bertz CT molecular complexity index is 837. The molecule has 3 rings (SSSR count). The van der Waals surface area contributed by atoms with E-state index in [1.54, 1.807) is 20.3 Å². The lowest BCUT2D eigenvalue weighted by Gasteiger charge is -2.22. The molecule has 2 aromatic carbocycles.